The van der Waals surface area contributed by atoms with Crippen LogP contribution in [-0.4, -0.2) is 28.3 Å². The number of hydrogen-bond donors (Lipinski definition) is 1. The molecule has 1 unspecified atom stereocenters. The lowest BCUT2D eigenvalue weighted by molar-refractivity contribution is 0.177. The Morgan fingerprint density at radius 3 is 3.12 bits per heavy atom. The molecule has 1 aliphatic rings. The maximum absolute atomic E-state index is 6.11. The average Bonchev–Trinajstić information content (AvgIpc) is 3.09. The van der Waals surface area contributed by atoms with Crippen molar-refractivity contribution in [3.8, 4) is 0 Å². The summed E-state index contributed by atoms with van der Waals surface area (Å²) in [6.07, 6.45) is 6.01. The molecule has 1 saturated carbocycles. The summed E-state index contributed by atoms with van der Waals surface area (Å²) in [6.45, 7) is 0.490. The number of imidazole rings is 1. The normalized spacial score (nSPS) is 17.5. The van der Waals surface area contributed by atoms with Gasteiger partial charge in [0.2, 0.25) is 0 Å². The first-order valence-electron chi connectivity index (χ1n) is 5.87. The van der Waals surface area contributed by atoms with Gasteiger partial charge in [-0.25, -0.2) is 4.98 Å². The van der Waals surface area contributed by atoms with E-state index < -0.39 is 0 Å². The van der Waals surface area contributed by atoms with E-state index in [4.69, 9.17) is 10.5 Å². The van der Waals surface area contributed by atoms with Crippen LogP contribution in [0, 0.1) is 0 Å². The van der Waals surface area contributed by atoms with Gasteiger partial charge in [-0.05, 0) is 18.9 Å². The maximum atomic E-state index is 6.11. The van der Waals surface area contributed by atoms with Crippen LogP contribution in [0.25, 0.3) is 11.0 Å². The molecule has 0 aliphatic heterocycles. The third kappa shape index (κ3) is 1.81. The van der Waals surface area contributed by atoms with E-state index in [0.29, 0.717) is 12.6 Å². The number of nitrogens with two attached hydrogens (primary N) is 1. The van der Waals surface area contributed by atoms with Crippen LogP contribution < -0.4 is 5.73 Å². The molecule has 2 aromatic heterocycles. The Kier molecular flexibility index (Phi) is 2.57. The largest absolute Gasteiger partial charge is 0.383 e. The van der Waals surface area contributed by atoms with Crippen molar-refractivity contribution in [2.75, 3.05) is 13.7 Å². The highest BCUT2D eigenvalue weighted by Crippen LogP contribution is 2.39. The van der Waals surface area contributed by atoms with Crippen molar-refractivity contribution in [2.45, 2.75) is 24.9 Å². The molecule has 1 aliphatic carbocycles. The van der Waals surface area contributed by atoms with E-state index in [-0.39, 0.29) is 6.04 Å². The molecule has 0 spiro atoms. The summed E-state index contributed by atoms with van der Waals surface area (Å²) in [6, 6.07) is 2.39. The minimum absolute atomic E-state index is 0.173. The quantitative estimate of drug-likeness (QED) is 0.865. The number of aromatic nitrogens is 3. The second kappa shape index (κ2) is 4.09. The van der Waals surface area contributed by atoms with Gasteiger partial charge >= 0.3 is 0 Å². The van der Waals surface area contributed by atoms with Gasteiger partial charge < -0.3 is 15.0 Å². The van der Waals surface area contributed by atoms with E-state index in [9.17, 15) is 0 Å². The van der Waals surface area contributed by atoms with Crippen LogP contribution >= 0.6 is 0 Å². The topological polar surface area (TPSA) is 66.0 Å². The van der Waals surface area contributed by atoms with E-state index in [0.717, 1.165) is 16.9 Å². The van der Waals surface area contributed by atoms with Crippen LogP contribution in [0.15, 0.2) is 18.5 Å². The van der Waals surface area contributed by atoms with Gasteiger partial charge in [0.05, 0.1) is 24.4 Å². The van der Waals surface area contributed by atoms with Crippen LogP contribution in [-0.2, 0) is 4.74 Å². The predicted molar refractivity (Wildman–Crippen MR) is 64.6 cm³/mol. The number of pyridine rings is 1. The van der Waals surface area contributed by atoms with Gasteiger partial charge in [-0.1, -0.05) is 0 Å². The Morgan fingerprint density at radius 2 is 2.41 bits per heavy atom. The summed E-state index contributed by atoms with van der Waals surface area (Å²) in [5.74, 6) is 0.914. The molecule has 0 bridgehead atoms. The fraction of sp³-hybridized carbons (Fsp3) is 0.500. The van der Waals surface area contributed by atoms with Gasteiger partial charge in [-0.15, -0.1) is 0 Å². The summed E-state index contributed by atoms with van der Waals surface area (Å²) in [7, 11) is 1.66. The molecule has 2 heterocycles. The first kappa shape index (κ1) is 10.7. The molecule has 0 saturated heterocycles. The number of nitrogens with zero attached hydrogens (tertiary/aromatic N) is 3. The Hall–Kier alpha value is -1.46. The van der Waals surface area contributed by atoms with E-state index in [1.54, 1.807) is 19.5 Å². The van der Waals surface area contributed by atoms with Gasteiger partial charge in [-0.3, -0.25) is 4.98 Å². The maximum Gasteiger partial charge on any atom is 0.129 e. The third-order valence-corrected chi connectivity index (χ3v) is 3.11. The lowest BCUT2D eigenvalue weighted by Crippen LogP contribution is -2.20. The fourth-order valence-electron chi connectivity index (χ4n) is 2.20. The number of methoxy groups -OCH3 is 1. The van der Waals surface area contributed by atoms with E-state index in [2.05, 4.69) is 14.5 Å². The lowest BCUT2D eigenvalue weighted by Gasteiger charge is -2.13. The second-order valence-electron chi connectivity index (χ2n) is 4.50. The molecule has 5 heteroatoms. The SMILES string of the molecule is COCC(N)c1nc2cnccc2n1C1CC1. The third-order valence-electron chi connectivity index (χ3n) is 3.11. The highest BCUT2D eigenvalue weighted by molar-refractivity contribution is 5.75. The molecule has 1 fully saturated rings. The second-order valence-corrected chi connectivity index (χ2v) is 4.50. The minimum atomic E-state index is -0.173. The molecule has 2 N–H and O–H groups in total. The van der Waals surface area contributed by atoms with E-state index in [1.807, 2.05) is 6.07 Å². The van der Waals surface area contributed by atoms with Crippen LogP contribution in [0.4, 0.5) is 0 Å². The van der Waals surface area contributed by atoms with Crippen molar-refractivity contribution in [2.24, 2.45) is 5.73 Å². The van der Waals surface area contributed by atoms with E-state index in [1.165, 1.54) is 12.8 Å². The molecule has 5 nitrogen and oxygen atoms in total. The van der Waals surface area contributed by atoms with Gasteiger partial charge in [0.15, 0.2) is 0 Å². The Balaban J connectivity index is 2.12. The van der Waals surface area contributed by atoms with Gasteiger partial charge in [0.25, 0.3) is 0 Å². The smallest absolute Gasteiger partial charge is 0.129 e. The lowest BCUT2D eigenvalue weighted by atomic mass is 10.3. The monoisotopic (exact) mass is 232 g/mol. The molecule has 3 rings (SSSR count). The number of hydrogen-bond acceptors (Lipinski definition) is 4. The Bertz CT molecular complexity index is 532. The molecule has 1 atom stereocenters. The fourth-order valence-corrected chi connectivity index (χ4v) is 2.20. The Labute approximate surface area is 99.6 Å². The molecule has 2 aromatic rings. The molecule has 0 aromatic carbocycles. The molecule has 90 valence electrons. The molecular weight excluding hydrogens is 216 g/mol. The van der Waals surface area contributed by atoms with Gasteiger partial charge in [0.1, 0.15) is 11.3 Å². The zero-order valence-corrected chi connectivity index (χ0v) is 9.84. The first-order valence-corrected chi connectivity index (χ1v) is 5.87. The molecular formula is C12H16N4O. The zero-order chi connectivity index (χ0) is 11.8. The Morgan fingerprint density at radius 1 is 1.59 bits per heavy atom. The standard InChI is InChI=1S/C12H16N4O/c1-17-7-9(13)12-15-10-6-14-5-4-11(10)16(12)8-2-3-8/h4-6,8-9H,2-3,7,13H2,1H3. The van der Waals surface area contributed by atoms with Crippen molar-refractivity contribution < 1.29 is 4.74 Å². The zero-order valence-electron chi connectivity index (χ0n) is 9.84. The number of rotatable bonds is 4. The van der Waals surface area contributed by atoms with Crippen molar-refractivity contribution in [1.82, 2.24) is 14.5 Å². The van der Waals surface area contributed by atoms with Crippen LogP contribution in [0.3, 0.4) is 0 Å². The van der Waals surface area contributed by atoms with E-state index >= 15 is 0 Å². The van der Waals surface area contributed by atoms with Crippen LogP contribution in [0.2, 0.25) is 0 Å². The highest BCUT2D eigenvalue weighted by Gasteiger charge is 2.29. The summed E-state index contributed by atoms with van der Waals surface area (Å²) in [4.78, 5) is 8.69. The first-order chi connectivity index (χ1) is 8.31. The van der Waals surface area contributed by atoms with Gasteiger partial charge in [0, 0.05) is 19.3 Å². The molecule has 0 amide bonds. The van der Waals surface area contributed by atoms with Gasteiger partial charge in [-0.2, -0.15) is 0 Å². The summed E-state index contributed by atoms with van der Waals surface area (Å²) < 4.78 is 7.37. The van der Waals surface area contributed by atoms with Crippen LogP contribution in [0.1, 0.15) is 30.7 Å². The molecule has 17 heavy (non-hydrogen) atoms. The summed E-state index contributed by atoms with van der Waals surface area (Å²) in [5, 5.41) is 0. The van der Waals surface area contributed by atoms with Crippen molar-refractivity contribution in [3.63, 3.8) is 0 Å². The predicted octanol–water partition coefficient (Wildman–Crippen LogP) is 1.41. The average molecular weight is 232 g/mol. The van der Waals surface area contributed by atoms with Crippen LogP contribution in [0.5, 0.6) is 0 Å². The summed E-state index contributed by atoms with van der Waals surface area (Å²) in [5.41, 5.74) is 8.15. The minimum Gasteiger partial charge on any atom is -0.383 e. The van der Waals surface area contributed by atoms with Crippen molar-refractivity contribution in [1.29, 1.82) is 0 Å². The number of ether oxygens (including phenoxy) is 1. The number of fused-ring (bicyclic) bond motifs is 1. The highest BCUT2D eigenvalue weighted by atomic mass is 16.5. The summed E-state index contributed by atoms with van der Waals surface area (Å²) >= 11 is 0. The van der Waals surface area contributed by atoms with Crippen molar-refractivity contribution in [3.05, 3.63) is 24.3 Å². The van der Waals surface area contributed by atoms with Crippen molar-refractivity contribution >= 4 is 11.0 Å². The molecule has 0 radical (unpaired) electrons.